The molecule has 2 amide bonds. The average Bonchev–Trinajstić information content (AvgIpc) is 2.31. The zero-order valence-corrected chi connectivity index (χ0v) is 12.2. The molecule has 0 unspecified atom stereocenters. The number of hydrogen-bond acceptors (Lipinski definition) is 3. The van der Waals surface area contributed by atoms with Crippen molar-refractivity contribution in [3.63, 3.8) is 0 Å². The number of rotatable bonds is 4. The van der Waals surface area contributed by atoms with Crippen molar-refractivity contribution in [2.75, 3.05) is 5.32 Å². The van der Waals surface area contributed by atoms with E-state index in [2.05, 4.69) is 21.2 Å². The van der Waals surface area contributed by atoms with Gasteiger partial charge in [-0.05, 0) is 30.2 Å². The smallest absolute Gasteiger partial charge is 0.336 e. The van der Waals surface area contributed by atoms with E-state index >= 15 is 0 Å². The molecule has 0 saturated carbocycles. The average molecular weight is 330 g/mol. The summed E-state index contributed by atoms with van der Waals surface area (Å²) in [6.45, 7) is 3.37. The second kappa shape index (κ2) is 6.53. The summed E-state index contributed by atoms with van der Waals surface area (Å²) in [5, 5.41) is 12.3. The molecule has 1 aromatic rings. The Morgan fingerprint density at radius 2 is 1.84 bits per heavy atom. The Balaban J connectivity index is 2.76. The molecule has 0 saturated heterocycles. The fourth-order valence-electron chi connectivity index (χ4n) is 1.57. The molecule has 7 heteroatoms. The van der Waals surface area contributed by atoms with Crippen LogP contribution in [0.15, 0.2) is 28.7 Å². The van der Waals surface area contributed by atoms with Gasteiger partial charge >= 0.3 is 12.0 Å². The van der Waals surface area contributed by atoms with Crippen molar-refractivity contribution < 1.29 is 14.7 Å². The maximum absolute atomic E-state index is 11.9. The van der Waals surface area contributed by atoms with Crippen LogP contribution >= 0.6 is 15.9 Å². The molecule has 0 fully saturated rings. The predicted octanol–water partition coefficient (Wildman–Crippen LogP) is 2.27. The maximum Gasteiger partial charge on any atom is 0.336 e. The molecule has 0 bridgehead atoms. The lowest BCUT2D eigenvalue weighted by Gasteiger charge is -2.27. The summed E-state index contributed by atoms with van der Waals surface area (Å²) in [4.78, 5) is 22.9. The van der Waals surface area contributed by atoms with Gasteiger partial charge in [-0.2, -0.15) is 0 Å². The van der Waals surface area contributed by atoms with Crippen molar-refractivity contribution in [3.8, 4) is 0 Å². The number of nitrogens with one attached hydrogen (secondary N) is 1. The highest BCUT2D eigenvalue weighted by molar-refractivity contribution is 9.10. The minimum absolute atomic E-state index is 0.293. The first kappa shape index (κ1) is 15.5. The zero-order valence-electron chi connectivity index (χ0n) is 10.6. The fourth-order valence-corrected chi connectivity index (χ4v) is 1.84. The van der Waals surface area contributed by atoms with Crippen LogP contribution < -0.4 is 11.2 Å². The molecule has 0 aliphatic rings. The van der Waals surface area contributed by atoms with Crippen LogP contribution in [0.1, 0.15) is 13.8 Å². The van der Waals surface area contributed by atoms with E-state index < -0.39 is 18.0 Å². The number of hydrogen-bond donors (Lipinski definition) is 3. The van der Waals surface area contributed by atoms with Gasteiger partial charge in [-0.25, -0.2) is 20.4 Å². The Bertz CT molecular complexity index is 462. The lowest BCUT2D eigenvalue weighted by molar-refractivity contribution is -0.143. The van der Waals surface area contributed by atoms with Gasteiger partial charge in [0, 0.05) is 10.2 Å². The SMILES string of the molecule is CC(C)[C@@H](C(=O)O)N(N)C(=O)Nc1ccc(Br)cc1. The predicted molar refractivity (Wildman–Crippen MR) is 75.4 cm³/mol. The molecule has 19 heavy (non-hydrogen) atoms. The molecular formula is C12H16BrN3O3. The Hall–Kier alpha value is -1.60. The van der Waals surface area contributed by atoms with Crippen LogP contribution in [-0.2, 0) is 4.79 Å². The van der Waals surface area contributed by atoms with E-state index in [1.165, 1.54) is 0 Å². The molecule has 104 valence electrons. The van der Waals surface area contributed by atoms with E-state index in [9.17, 15) is 9.59 Å². The van der Waals surface area contributed by atoms with Gasteiger partial charge in [-0.1, -0.05) is 29.8 Å². The number of carboxylic acids is 1. The first-order valence-corrected chi connectivity index (χ1v) is 6.45. The number of benzene rings is 1. The number of carboxylic acid groups (broad SMARTS) is 1. The second-order valence-corrected chi connectivity index (χ2v) is 5.29. The van der Waals surface area contributed by atoms with Crippen molar-refractivity contribution in [1.82, 2.24) is 5.01 Å². The van der Waals surface area contributed by atoms with Gasteiger partial charge in [0.25, 0.3) is 0 Å². The van der Waals surface area contributed by atoms with Gasteiger partial charge in [0.05, 0.1) is 0 Å². The lowest BCUT2D eigenvalue weighted by atomic mass is 10.0. The molecular weight excluding hydrogens is 314 g/mol. The van der Waals surface area contributed by atoms with Crippen LogP contribution in [0, 0.1) is 5.92 Å². The number of urea groups is 1. The topological polar surface area (TPSA) is 95.7 Å². The van der Waals surface area contributed by atoms with E-state index in [4.69, 9.17) is 10.9 Å². The Labute approximate surface area is 119 Å². The number of aliphatic carboxylic acids is 1. The van der Waals surface area contributed by atoms with Gasteiger partial charge in [0.15, 0.2) is 0 Å². The minimum Gasteiger partial charge on any atom is -0.480 e. The van der Waals surface area contributed by atoms with E-state index in [-0.39, 0.29) is 5.92 Å². The monoisotopic (exact) mass is 329 g/mol. The van der Waals surface area contributed by atoms with Crippen LogP contribution in [0.25, 0.3) is 0 Å². The van der Waals surface area contributed by atoms with Crippen molar-refractivity contribution in [1.29, 1.82) is 0 Å². The van der Waals surface area contributed by atoms with Gasteiger partial charge < -0.3 is 10.4 Å². The molecule has 0 aliphatic carbocycles. The van der Waals surface area contributed by atoms with Crippen LogP contribution in [0.4, 0.5) is 10.5 Å². The highest BCUT2D eigenvalue weighted by Crippen LogP contribution is 2.15. The summed E-state index contributed by atoms with van der Waals surface area (Å²) in [5.41, 5.74) is 0.538. The molecule has 0 aromatic heterocycles. The molecule has 1 rings (SSSR count). The van der Waals surface area contributed by atoms with Crippen LogP contribution in [0.3, 0.4) is 0 Å². The van der Waals surface area contributed by atoms with Crippen molar-refractivity contribution in [3.05, 3.63) is 28.7 Å². The Kier molecular flexibility index (Phi) is 5.31. The maximum atomic E-state index is 11.9. The van der Waals surface area contributed by atoms with E-state index in [1.807, 2.05) is 0 Å². The summed E-state index contributed by atoms with van der Waals surface area (Å²) < 4.78 is 0.876. The van der Waals surface area contributed by atoms with Crippen LogP contribution in [0.5, 0.6) is 0 Å². The zero-order chi connectivity index (χ0) is 14.6. The van der Waals surface area contributed by atoms with Crippen LogP contribution in [0.2, 0.25) is 0 Å². The fraction of sp³-hybridized carbons (Fsp3) is 0.333. The minimum atomic E-state index is -1.14. The standard InChI is InChI=1S/C12H16BrN3O3/c1-7(2)10(11(17)18)16(14)12(19)15-9-5-3-8(13)4-6-9/h3-7,10H,14H2,1-2H3,(H,15,19)(H,17,18)/t10-/m0/s1. The molecule has 0 spiro atoms. The Morgan fingerprint density at radius 1 is 1.32 bits per heavy atom. The third kappa shape index (κ3) is 4.22. The first-order chi connectivity index (χ1) is 8.82. The second-order valence-electron chi connectivity index (χ2n) is 4.37. The number of nitrogens with two attached hydrogens (primary N) is 1. The third-order valence-electron chi connectivity index (χ3n) is 2.51. The van der Waals surface area contributed by atoms with Gasteiger partial charge in [-0.15, -0.1) is 0 Å². The molecule has 0 radical (unpaired) electrons. The van der Waals surface area contributed by atoms with E-state index in [0.29, 0.717) is 10.7 Å². The van der Waals surface area contributed by atoms with Crippen molar-refractivity contribution in [2.45, 2.75) is 19.9 Å². The molecule has 1 atom stereocenters. The molecule has 0 heterocycles. The summed E-state index contributed by atoms with van der Waals surface area (Å²) in [5.74, 6) is 4.14. The third-order valence-corrected chi connectivity index (χ3v) is 3.04. The highest BCUT2D eigenvalue weighted by atomic mass is 79.9. The lowest BCUT2D eigenvalue weighted by Crippen LogP contribution is -2.53. The number of anilines is 1. The molecule has 0 aliphatic heterocycles. The largest absolute Gasteiger partial charge is 0.480 e. The van der Waals surface area contributed by atoms with Gasteiger partial charge in [0.1, 0.15) is 6.04 Å². The molecule has 1 aromatic carbocycles. The summed E-state index contributed by atoms with van der Waals surface area (Å²) in [6, 6.07) is 5.14. The summed E-state index contributed by atoms with van der Waals surface area (Å²) >= 11 is 3.28. The summed E-state index contributed by atoms with van der Waals surface area (Å²) in [7, 11) is 0. The highest BCUT2D eigenvalue weighted by Gasteiger charge is 2.30. The van der Waals surface area contributed by atoms with Crippen molar-refractivity contribution in [2.24, 2.45) is 11.8 Å². The number of carbonyl (C=O) groups is 2. The van der Waals surface area contributed by atoms with E-state index in [0.717, 1.165) is 4.47 Å². The van der Waals surface area contributed by atoms with Gasteiger partial charge in [0.2, 0.25) is 0 Å². The normalized spacial score (nSPS) is 12.1. The number of nitrogens with zero attached hydrogens (tertiary/aromatic N) is 1. The Morgan fingerprint density at radius 3 is 2.26 bits per heavy atom. The number of hydrazine groups is 1. The molecule has 4 N–H and O–H groups in total. The quantitative estimate of drug-likeness (QED) is 0.448. The van der Waals surface area contributed by atoms with E-state index in [1.54, 1.807) is 38.1 Å². The van der Waals surface area contributed by atoms with Crippen molar-refractivity contribution >= 4 is 33.6 Å². The first-order valence-electron chi connectivity index (χ1n) is 5.66. The molecule has 6 nitrogen and oxygen atoms in total. The number of halogens is 1. The summed E-state index contributed by atoms with van der Waals surface area (Å²) in [6.07, 6.45) is 0. The number of amides is 2. The number of carbonyl (C=O) groups excluding carboxylic acids is 1. The van der Waals surface area contributed by atoms with Crippen LogP contribution in [-0.4, -0.2) is 28.2 Å². The van der Waals surface area contributed by atoms with Gasteiger partial charge in [-0.3, -0.25) is 0 Å².